The molecule has 3 rings (SSSR count). The molecule has 4 heteroatoms. The molecule has 0 fully saturated rings. The van der Waals surface area contributed by atoms with Crippen LogP contribution in [0, 0.1) is 0 Å². The molecule has 1 heterocycles. The maximum absolute atomic E-state index is 5.77. The molecule has 2 aromatic carbocycles. The van der Waals surface area contributed by atoms with E-state index in [4.69, 9.17) is 4.74 Å². The molecule has 0 aliphatic rings. The summed E-state index contributed by atoms with van der Waals surface area (Å²) in [4.78, 5) is 0. The molecule has 0 unspecified atom stereocenters. The second-order valence-corrected chi connectivity index (χ2v) is 4.27. The zero-order chi connectivity index (χ0) is 11.5. The van der Waals surface area contributed by atoms with E-state index in [1.165, 1.54) is 16.9 Å². The molecule has 0 atom stereocenters. The highest BCUT2D eigenvalue weighted by molar-refractivity contribution is 7.03. The van der Waals surface area contributed by atoms with Crippen LogP contribution in [0.15, 0.2) is 47.8 Å². The lowest BCUT2D eigenvalue weighted by molar-refractivity contribution is 0.305. The fourth-order valence-corrected chi connectivity index (χ4v) is 2.16. The van der Waals surface area contributed by atoms with Gasteiger partial charge < -0.3 is 4.74 Å². The number of fused-ring (bicyclic) bond motifs is 1. The number of ether oxygens (including phenoxy) is 1. The van der Waals surface area contributed by atoms with Gasteiger partial charge in [-0.05, 0) is 23.0 Å². The highest BCUT2D eigenvalue weighted by Crippen LogP contribution is 2.25. The lowest BCUT2D eigenvalue weighted by Gasteiger charge is -2.07. The normalized spacial score (nSPS) is 10.6. The first-order valence-electron chi connectivity index (χ1n) is 5.30. The van der Waals surface area contributed by atoms with Gasteiger partial charge >= 0.3 is 0 Å². The number of aromatic nitrogens is 2. The summed E-state index contributed by atoms with van der Waals surface area (Å²) in [6, 6.07) is 14.2. The molecule has 0 spiro atoms. The van der Waals surface area contributed by atoms with E-state index in [9.17, 15) is 0 Å². The van der Waals surface area contributed by atoms with E-state index in [2.05, 4.69) is 27.8 Å². The molecule has 0 saturated heterocycles. The highest BCUT2D eigenvalue weighted by atomic mass is 32.1. The van der Waals surface area contributed by atoms with Crippen molar-refractivity contribution < 1.29 is 4.74 Å². The number of nitrogens with zero attached hydrogens (tertiary/aromatic N) is 2. The van der Waals surface area contributed by atoms with E-state index >= 15 is 0 Å². The Morgan fingerprint density at radius 1 is 1.06 bits per heavy atom. The standard InChI is InChI=1S/C13H10N2OS/c1-2-6-12-10(4-1)5-3-7-13(12)16-8-11-9-17-15-14-11/h1-7,9H,8H2. The Bertz CT molecular complexity index is 617. The van der Waals surface area contributed by atoms with Gasteiger partial charge in [-0.3, -0.25) is 0 Å². The Kier molecular flexibility index (Phi) is 2.71. The maximum Gasteiger partial charge on any atom is 0.133 e. The summed E-state index contributed by atoms with van der Waals surface area (Å²) in [6.07, 6.45) is 0. The Labute approximate surface area is 103 Å². The number of hydrogen-bond donors (Lipinski definition) is 0. The molecule has 0 amide bonds. The van der Waals surface area contributed by atoms with Crippen LogP contribution in [-0.2, 0) is 6.61 Å². The molecule has 0 bridgehead atoms. The smallest absolute Gasteiger partial charge is 0.133 e. The monoisotopic (exact) mass is 242 g/mol. The van der Waals surface area contributed by atoms with Crippen LogP contribution in [0.4, 0.5) is 0 Å². The Morgan fingerprint density at radius 3 is 2.82 bits per heavy atom. The van der Waals surface area contributed by atoms with Crippen molar-refractivity contribution >= 4 is 22.3 Å². The van der Waals surface area contributed by atoms with Crippen LogP contribution in [0.2, 0.25) is 0 Å². The molecule has 17 heavy (non-hydrogen) atoms. The lowest BCUT2D eigenvalue weighted by Crippen LogP contribution is -1.96. The summed E-state index contributed by atoms with van der Waals surface area (Å²) >= 11 is 1.34. The Morgan fingerprint density at radius 2 is 1.94 bits per heavy atom. The average Bonchev–Trinajstić information content (AvgIpc) is 2.89. The van der Waals surface area contributed by atoms with E-state index in [-0.39, 0.29) is 0 Å². The van der Waals surface area contributed by atoms with Crippen molar-refractivity contribution in [2.45, 2.75) is 6.61 Å². The van der Waals surface area contributed by atoms with E-state index in [0.717, 1.165) is 16.8 Å². The van der Waals surface area contributed by atoms with Gasteiger partial charge in [-0.25, -0.2) is 0 Å². The van der Waals surface area contributed by atoms with Crippen molar-refractivity contribution in [3.05, 3.63) is 53.5 Å². The van der Waals surface area contributed by atoms with Crippen molar-refractivity contribution in [1.29, 1.82) is 0 Å². The molecule has 0 aliphatic heterocycles. The van der Waals surface area contributed by atoms with Crippen LogP contribution in [-0.4, -0.2) is 9.59 Å². The average molecular weight is 242 g/mol. The van der Waals surface area contributed by atoms with Crippen LogP contribution in [0.5, 0.6) is 5.75 Å². The maximum atomic E-state index is 5.77. The summed E-state index contributed by atoms with van der Waals surface area (Å²) in [7, 11) is 0. The van der Waals surface area contributed by atoms with Crippen LogP contribution in [0.25, 0.3) is 10.8 Å². The minimum absolute atomic E-state index is 0.463. The van der Waals surface area contributed by atoms with Gasteiger partial charge in [0.25, 0.3) is 0 Å². The molecule has 0 N–H and O–H groups in total. The topological polar surface area (TPSA) is 35.0 Å². The molecule has 84 valence electrons. The SMILES string of the molecule is c1ccc2c(OCc3csnn3)cccc2c1. The lowest BCUT2D eigenvalue weighted by atomic mass is 10.1. The molecule has 3 nitrogen and oxygen atoms in total. The van der Waals surface area contributed by atoms with Crippen molar-refractivity contribution in [3.8, 4) is 5.75 Å². The van der Waals surface area contributed by atoms with E-state index in [1.807, 2.05) is 29.6 Å². The molecule has 0 aliphatic carbocycles. The van der Waals surface area contributed by atoms with Gasteiger partial charge in [0.2, 0.25) is 0 Å². The Balaban J connectivity index is 1.90. The Hall–Kier alpha value is -1.94. The highest BCUT2D eigenvalue weighted by Gasteiger charge is 2.02. The van der Waals surface area contributed by atoms with E-state index < -0.39 is 0 Å². The molecular formula is C13H10N2OS. The van der Waals surface area contributed by atoms with Gasteiger partial charge in [0, 0.05) is 10.8 Å². The molecule has 0 radical (unpaired) electrons. The van der Waals surface area contributed by atoms with Crippen LogP contribution < -0.4 is 4.74 Å². The van der Waals surface area contributed by atoms with Crippen molar-refractivity contribution in [2.75, 3.05) is 0 Å². The zero-order valence-corrected chi connectivity index (χ0v) is 9.85. The van der Waals surface area contributed by atoms with Crippen molar-refractivity contribution in [1.82, 2.24) is 9.59 Å². The minimum Gasteiger partial charge on any atom is -0.487 e. The number of benzene rings is 2. The fraction of sp³-hybridized carbons (Fsp3) is 0.0769. The van der Waals surface area contributed by atoms with Gasteiger partial charge in [0.15, 0.2) is 0 Å². The summed E-state index contributed by atoms with van der Waals surface area (Å²) < 4.78 is 9.58. The molecule has 3 aromatic rings. The predicted octanol–water partition coefficient (Wildman–Crippen LogP) is 3.27. The summed E-state index contributed by atoms with van der Waals surface area (Å²) in [6.45, 7) is 0.463. The first kappa shape index (κ1) is 10.2. The van der Waals surface area contributed by atoms with Gasteiger partial charge in [0.05, 0.1) is 0 Å². The third kappa shape index (κ3) is 2.12. The van der Waals surface area contributed by atoms with Crippen LogP contribution in [0.1, 0.15) is 5.69 Å². The van der Waals surface area contributed by atoms with Gasteiger partial charge in [-0.15, -0.1) is 5.10 Å². The third-order valence-corrected chi connectivity index (χ3v) is 3.08. The minimum atomic E-state index is 0.463. The van der Waals surface area contributed by atoms with Crippen LogP contribution >= 0.6 is 11.5 Å². The summed E-state index contributed by atoms with van der Waals surface area (Å²) in [5.74, 6) is 0.885. The van der Waals surface area contributed by atoms with E-state index in [1.54, 1.807) is 0 Å². The summed E-state index contributed by atoms with van der Waals surface area (Å²) in [5.41, 5.74) is 0.864. The number of hydrogen-bond acceptors (Lipinski definition) is 4. The first-order chi connectivity index (χ1) is 8.43. The largest absolute Gasteiger partial charge is 0.487 e. The van der Waals surface area contributed by atoms with E-state index in [0.29, 0.717) is 6.61 Å². The quantitative estimate of drug-likeness (QED) is 0.707. The van der Waals surface area contributed by atoms with Crippen molar-refractivity contribution in [2.24, 2.45) is 0 Å². The van der Waals surface area contributed by atoms with Gasteiger partial charge in [-0.1, -0.05) is 40.9 Å². The summed E-state index contributed by atoms with van der Waals surface area (Å²) in [5, 5.41) is 8.15. The fourth-order valence-electron chi connectivity index (χ4n) is 1.72. The second-order valence-electron chi connectivity index (χ2n) is 3.66. The zero-order valence-electron chi connectivity index (χ0n) is 9.04. The van der Waals surface area contributed by atoms with Gasteiger partial charge in [0.1, 0.15) is 18.1 Å². The van der Waals surface area contributed by atoms with Crippen molar-refractivity contribution in [3.63, 3.8) is 0 Å². The number of rotatable bonds is 3. The second kappa shape index (κ2) is 4.51. The third-order valence-electron chi connectivity index (χ3n) is 2.53. The van der Waals surface area contributed by atoms with Gasteiger partial charge in [-0.2, -0.15) is 0 Å². The predicted molar refractivity (Wildman–Crippen MR) is 68.2 cm³/mol. The van der Waals surface area contributed by atoms with Crippen LogP contribution in [0.3, 0.4) is 0 Å². The molecular weight excluding hydrogens is 232 g/mol. The molecule has 1 aromatic heterocycles. The first-order valence-corrected chi connectivity index (χ1v) is 6.13. The molecule has 0 saturated carbocycles.